The van der Waals surface area contributed by atoms with Gasteiger partial charge in [0.05, 0.1) is 5.69 Å². The Bertz CT molecular complexity index is 640. The molecule has 0 bridgehead atoms. The molecule has 0 saturated heterocycles. The van der Waals surface area contributed by atoms with Crippen LogP contribution in [-0.2, 0) is 0 Å². The number of ether oxygens (including phenoxy) is 1. The molecule has 0 saturated carbocycles. The maximum atomic E-state index is 10.1. The number of benzene rings is 1. The zero-order chi connectivity index (χ0) is 17.6. The summed E-state index contributed by atoms with van der Waals surface area (Å²) >= 11 is 0. The van der Waals surface area contributed by atoms with Crippen LogP contribution in [0.2, 0.25) is 0 Å². The van der Waals surface area contributed by atoms with E-state index in [1.54, 1.807) is 6.07 Å². The van der Waals surface area contributed by atoms with Crippen LogP contribution < -0.4 is 21.3 Å². The van der Waals surface area contributed by atoms with Crippen molar-refractivity contribution in [2.75, 3.05) is 18.6 Å². The highest BCUT2D eigenvalue weighted by Gasteiger charge is 2.14. The summed E-state index contributed by atoms with van der Waals surface area (Å²) < 4.78 is 5.78. The Kier molecular flexibility index (Phi) is 6.08. The number of aliphatic hydroxyl groups excluding tert-OH is 1. The zero-order valence-corrected chi connectivity index (χ0v) is 14.3. The molecule has 0 aliphatic carbocycles. The highest BCUT2D eigenvalue weighted by Crippen LogP contribution is 2.28. The van der Waals surface area contributed by atoms with Crippen molar-refractivity contribution in [1.29, 1.82) is 0 Å². The molecule has 5 N–H and O–H groups in total. The van der Waals surface area contributed by atoms with E-state index < -0.39 is 6.10 Å². The fourth-order valence-electron chi connectivity index (χ4n) is 2.03. The van der Waals surface area contributed by atoms with Gasteiger partial charge in [0.15, 0.2) is 5.82 Å². The Balaban J connectivity index is 2.03. The van der Waals surface area contributed by atoms with E-state index >= 15 is 0 Å². The second-order valence-electron chi connectivity index (χ2n) is 6.54. The molecule has 1 atom stereocenters. The maximum Gasteiger partial charge on any atom is 0.162 e. The minimum Gasteiger partial charge on any atom is -0.490 e. The first-order valence-corrected chi connectivity index (χ1v) is 7.84. The molecule has 0 fully saturated rings. The fraction of sp³-hybridized carbons (Fsp3) is 0.412. The number of aliphatic hydroxyl groups is 1. The lowest BCUT2D eigenvalue weighted by Gasteiger charge is -2.23. The summed E-state index contributed by atoms with van der Waals surface area (Å²) in [5.41, 5.74) is 3.88. The monoisotopic (exact) mass is 331 g/mol. The predicted octanol–water partition coefficient (Wildman–Crippen LogP) is 1.56. The molecular weight excluding hydrogens is 306 g/mol. The van der Waals surface area contributed by atoms with Gasteiger partial charge in [-0.2, -0.15) is 0 Å². The van der Waals surface area contributed by atoms with E-state index in [0.29, 0.717) is 23.8 Å². The van der Waals surface area contributed by atoms with Gasteiger partial charge in [-0.1, -0.05) is 12.1 Å². The van der Waals surface area contributed by atoms with Gasteiger partial charge in [0.1, 0.15) is 18.5 Å². The number of rotatable bonds is 7. The first-order chi connectivity index (χ1) is 11.4. The summed E-state index contributed by atoms with van der Waals surface area (Å²) in [5.74, 6) is 6.43. The van der Waals surface area contributed by atoms with Crippen molar-refractivity contribution in [3.05, 3.63) is 36.4 Å². The second-order valence-corrected chi connectivity index (χ2v) is 6.54. The first kappa shape index (κ1) is 18.1. The van der Waals surface area contributed by atoms with Gasteiger partial charge < -0.3 is 20.6 Å². The van der Waals surface area contributed by atoms with Crippen LogP contribution in [0.5, 0.6) is 5.75 Å². The second kappa shape index (κ2) is 8.05. The third-order valence-corrected chi connectivity index (χ3v) is 3.27. The Labute approximate surface area is 142 Å². The molecule has 1 aromatic heterocycles. The molecule has 1 aromatic carbocycles. The van der Waals surface area contributed by atoms with E-state index in [1.807, 2.05) is 30.3 Å². The van der Waals surface area contributed by atoms with Gasteiger partial charge in [0.25, 0.3) is 0 Å². The molecule has 7 nitrogen and oxygen atoms in total. The van der Waals surface area contributed by atoms with Crippen molar-refractivity contribution in [3.8, 4) is 17.0 Å². The topological polar surface area (TPSA) is 105 Å². The quantitative estimate of drug-likeness (QED) is 0.451. The van der Waals surface area contributed by atoms with Crippen molar-refractivity contribution in [2.24, 2.45) is 5.84 Å². The van der Waals surface area contributed by atoms with Crippen LogP contribution in [0.4, 0.5) is 5.82 Å². The van der Waals surface area contributed by atoms with E-state index in [4.69, 9.17) is 10.6 Å². The largest absolute Gasteiger partial charge is 0.490 e. The third-order valence-electron chi connectivity index (χ3n) is 3.27. The van der Waals surface area contributed by atoms with Gasteiger partial charge in [-0.15, -0.1) is 10.2 Å². The van der Waals surface area contributed by atoms with Crippen LogP contribution >= 0.6 is 0 Å². The maximum absolute atomic E-state index is 10.1. The molecule has 130 valence electrons. The number of nitrogens with two attached hydrogens (primary N) is 1. The average Bonchev–Trinajstić information content (AvgIpc) is 2.58. The molecule has 7 heteroatoms. The third kappa shape index (κ3) is 5.45. The molecule has 2 rings (SSSR count). The number of hydrazine groups is 1. The predicted molar refractivity (Wildman–Crippen MR) is 94.5 cm³/mol. The van der Waals surface area contributed by atoms with Crippen molar-refractivity contribution in [2.45, 2.75) is 32.4 Å². The highest BCUT2D eigenvalue weighted by molar-refractivity contribution is 5.67. The zero-order valence-electron chi connectivity index (χ0n) is 14.3. The van der Waals surface area contributed by atoms with Gasteiger partial charge >= 0.3 is 0 Å². The standard InChI is InChI=1S/C17H25N5O2/c1-17(2,3)19-10-12(23)11-24-15-7-5-4-6-13(15)14-8-9-16(20-18)22-21-14/h4-9,12,19,23H,10-11,18H2,1-3H3,(H,20,22)/t12-/m0/s1. The van der Waals surface area contributed by atoms with Gasteiger partial charge in [-0.05, 0) is 45.0 Å². The van der Waals surface area contributed by atoms with Crippen LogP contribution in [0, 0.1) is 0 Å². The SMILES string of the molecule is CC(C)(C)NC[C@H](O)COc1ccccc1-c1ccc(NN)nn1. The molecule has 0 radical (unpaired) electrons. The van der Waals surface area contributed by atoms with E-state index in [9.17, 15) is 5.11 Å². The van der Waals surface area contributed by atoms with E-state index in [2.05, 4.69) is 41.7 Å². The fourth-order valence-corrected chi connectivity index (χ4v) is 2.03. The molecule has 1 heterocycles. The molecule has 0 aliphatic rings. The summed E-state index contributed by atoms with van der Waals surface area (Å²) in [5, 5.41) is 21.4. The molecule has 24 heavy (non-hydrogen) atoms. The van der Waals surface area contributed by atoms with Gasteiger partial charge in [-0.25, -0.2) is 5.84 Å². The van der Waals surface area contributed by atoms with Crippen molar-refractivity contribution in [1.82, 2.24) is 15.5 Å². The Morgan fingerprint density at radius 1 is 1.17 bits per heavy atom. The lowest BCUT2D eigenvalue weighted by molar-refractivity contribution is 0.100. The summed E-state index contributed by atoms with van der Waals surface area (Å²) in [6.45, 7) is 6.80. The first-order valence-electron chi connectivity index (χ1n) is 7.84. The summed E-state index contributed by atoms with van der Waals surface area (Å²) in [7, 11) is 0. The molecule has 0 aliphatic heterocycles. The number of nitrogens with zero attached hydrogens (tertiary/aromatic N) is 2. The molecular formula is C17H25N5O2. The van der Waals surface area contributed by atoms with Crippen LogP contribution in [0.3, 0.4) is 0 Å². The number of nitrogen functional groups attached to an aromatic ring is 1. The van der Waals surface area contributed by atoms with Crippen molar-refractivity contribution < 1.29 is 9.84 Å². The summed E-state index contributed by atoms with van der Waals surface area (Å²) in [4.78, 5) is 0. The average molecular weight is 331 g/mol. The normalized spacial score (nSPS) is 12.7. The minimum absolute atomic E-state index is 0.0484. The van der Waals surface area contributed by atoms with Gasteiger partial charge in [-0.3, -0.25) is 0 Å². The smallest absolute Gasteiger partial charge is 0.162 e. The minimum atomic E-state index is -0.604. The molecule has 0 amide bonds. The molecule has 2 aromatic rings. The van der Waals surface area contributed by atoms with Gasteiger partial charge in [0, 0.05) is 17.6 Å². The lowest BCUT2D eigenvalue weighted by atomic mass is 10.1. The summed E-state index contributed by atoms with van der Waals surface area (Å²) in [6.07, 6.45) is -0.604. The Morgan fingerprint density at radius 2 is 1.92 bits per heavy atom. The lowest BCUT2D eigenvalue weighted by Crippen LogP contribution is -2.42. The number of β-amino-alcohol motifs (C(OH)–C–C–N with tert-alkyl or cyclic N) is 1. The van der Waals surface area contributed by atoms with Crippen molar-refractivity contribution in [3.63, 3.8) is 0 Å². The number of para-hydroxylation sites is 1. The highest BCUT2D eigenvalue weighted by atomic mass is 16.5. The van der Waals surface area contributed by atoms with Crippen LogP contribution in [-0.4, -0.2) is 40.1 Å². The van der Waals surface area contributed by atoms with Crippen molar-refractivity contribution >= 4 is 5.82 Å². The number of hydrogen-bond acceptors (Lipinski definition) is 7. The van der Waals surface area contributed by atoms with E-state index in [-0.39, 0.29) is 12.1 Å². The molecule has 0 unspecified atom stereocenters. The van der Waals surface area contributed by atoms with Crippen LogP contribution in [0.15, 0.2) is 36.4 Å². The molecule has 0 spiro atoms. The van der Waals surface area contributed by atoms with Gasteiger partial charge in [0.2, 0.25) is 0 Å². The van der Waals surface area contributed by atoms with Crippen LogP contribution in [0.25, 0.3) is 11.3 Å². The van der Waals surface area contributed by atoms with Crippen LogP contribution in [0.1, 0.15) is 20.8 Å². The van der Waals surface area contributed by atoms with E-state index in [1.165, 1.54) is 0 Å². The Hall–Kier alpha value is -2.22. The number of nitrogens with one attached hydrogen (secondary N) is 2. The van der Waals surface area contributed by atoms with E-state index in [0.717, 1.165) is 5.56 Å². The summed E-state index contributed by atoms with van der Waals surface area (Å²) in [6, 6.07) is 11.1. The Morgan fingerprint density at radius 3 is 2.54 bits per heavy atom. The number of hydrogen-bond donors (Lipinski definition) is 4. The number of aromatic nitrogens is 2. The number of anilines is 1.